The van der Waals surface area contributed by atoms with Crippen molar-refractivity contribution in [1.29, 1.82) is 0 Å². The molecule has 0 heterocycles. The molecule has 0 saturated carbocycles. The van der Waals surface area contributed by atoms with Crippen LogP contribution in [0.4, 0.5) is 14.9 Å². The van der Waals surface area contributed by atoms with E-state index in [1.54, 1.807) is 0 Å². The fourth-order valence-electron chi connectivity index (χ4n) is 1.13. The van der Waals surface area contributed by atoms with Gasteiger partial charge in [-0.2, -0.15) is 0 Å². The van der Waals surface area contributed by atoms with Crippen LogP contribution in [0.25, 0.3) is 0 Å². The Morgan fingerprint density at radius 3 is 2.65 bits per heavy atom. The Morgan fingerprint density at radius 1 is 1.47 bits per heavy atom. The van der Waals surface area contributed by atoms with Crippen LogP contribution in [0, 0.1) is 5.82 Å². The number of carbonyl (C=O) groups is 2. The maximum Gasteiger partial charge on any atom is 0.318 e. The number of primary amides is 1. The number of carbonyl (C=O) groups excluding carboxylic acids is 2. The molecule has 5 nitrogen and oxygen atoms in total. The second-order valence-electron chi connectivity index (χ2n) is 3.35. The highest BCUT2D eigenvalue weighted by molar-refractivity contribution is 6.31. The Balaban J connectivity index is 2.67. The second kappa shape index (κ2) is 5.49. The van der Waals surface area contributed by atoms with Gasteiger partial charge in [-0.15, -0.1) is 0 Å². The number of halogens is 2. The summed E-state index contributed by atoms with van der Waals surface area (Å²) in [5.41, 5.74) is 5.26. The third-order valence-corrected chi connectivity index (χ3v) is 2.23. The average Bonchev–Trinajstić information content (AvgIpc) is 2.22. The molecule has 7 heteroatoms. The maximum atomic E-state index is 12.9. The number of anilines is 1. The lowest BCUT2D eigenvalue weighted by atomic mass is 10.2. The summed E-state index contributed by atoms with van der Waals surface area (Å²) in [6, 6.07) is 2.30. The topological polar surface area (TPSA) is 84.2 Å². The average molecular weight is 260 g/mol. The molecule has 1 aromatic rings. The van der Waals surface area contributed by atoms with E-state index in [1.807, 2.05) is 5.32 Å². The zero-order valence-electron chi connectivity index (χ0n) is 8.96. The van der Waals surface area contributed by atoms with Gasteiger partial charge in [0.1, 0.15) is 11.9 Å². The predicted molar refractivity (Wildman–Crippen MR) is 62.2 cm³/mol. The van der Waals surface area contributed by atoms with Crippen LogP contribution in [-0.4, -0.2) is 18.0 Å². The number of hydrogen-bond donors (Lipinski definition) is 3. The van der Waals surface area contributed by atoms with Crippen molar-refractivity contribution in [1.82, 2.24) is 5.32 Å². The van der Waals surface area contributed by atoms with Crippen molar-refractivity contribution >= 4 is 29.2 Å². The number of imide groups is 1. The Labute approximate surface area is 102 Å². The van der Waals surface area contributed by atoms with Crippen molar-refractivity contribution in [2.45, 2.75) is 13.0 Å². The van der Waals surface area contributed by atoms with Crippen LogP contribution < -0.4 is 16.4 Å². The zero-order chi connectivity index (χ0) is 13.0. The molecule has 0 fully saturated rings. The molecule has 0 aliphatic carbocycles. The molecule has 0 bridgehead atoms. The van der Waals surface area contributed by atoms with Crippen LogP contribution in [0.5, 0.6) is 0 Å². The van der Waals surface area contributed by atoms with E-state index in [4.69, 9.17) is 17.3 Å². The van der Waals surface area contributed by atoms with E-state index in [2.05, 4.69) is 5.32 Å². The first-order valence-electron chi connectivity index (χ1n) is 4.72. The molecule has 0 saturated heterocycles. The molecule has 0 radical (unpaired) electrons. The molecule has 1 atom stereocenters. The normalized spacial score (nSPS) is 11.7. The SMILES string of the molecule is C[C@H](Nc1ccc(F)c(Cl)c1)C(=O)NC(N)=O. The lowest BCUT2D eigenvalue weighted by Gasteiger charge is -2.14. The highest BCUT2D eigenvalue weighted by Crippen LogP contribution is 2.19. The van der Waals surface area contributed by atoms with Crippen LogP contribution in [0.2, 0.25) is 5.02 Å². The van der Waals surface area contributed by atoms with E-state index in [0.29, 0.717) is 5.69 Å². The summed E-state index contributed by atoms with van der Waals surface area (Å²) >= 11 is 5.57. The first-order chi connectivity index (χ1) is 7.90. The molecule has 0 aromatic heterocycles. The lowest BCUT2D eigenvalue weighted by molar-refractivity contribution is -0.120. The first kappa shape index (κ1) is 13.2. The van der Waals surface area contributed by atoms with E-state index in [9.17, 15) is 14.0 Å². The molecule has 0 unspecified atom stereocenters. The van der Waals surface area contributed by atoms with Crippen LogP contribution in [0.3, 0.4) is 0 Å². The minimum atomic E-state index is -0.930. The standard InChI is InChI=1S/C10H11ClFN3O2/c1-5(9(16)15-10(13)17)14-6-2-3-8(12)7(11)4-6/h2-5,14H,1H3,(H3,13,15,16,17)/t5-/m0/s1. The molecule has 3 amide bonds. The molecule has 0 aliphatic rings. The first-order valence-corrected chi connectivity index (χ1v) is 5.10. The largest absolute Gasteiger partial charge is 0.374 e. The van der Waals surface area contributed by atoms with Crippen molar-refractivity contribution < 1.29 is 14.0 Å². The molecule has 0 aliphatic heterocycles. The van der Waals surface area contributed by atoms with Crippen LogP contribution in [0.15, 0.2) is 18.2 Å². The van der Waals surface area contributed by atoms with Gasteiger partial charge >= 0.3 is 6.03 Å². The smallest absolute Gasteiger partial charge is 0.318 e. The number of nitrogens with two attached hydrogens (primary N) is 1. The Kier molecular flexibility index (Phi) is 4.28. The Bertz CT molecular complexity index is 453. The fourth-order valence-corrected chi connectivity index (χ4v) is 1.31. The van der Waals surface area contributed by atoms with Crippen molar-refractivity contribution in [2.75, 3.05) is 5.32 Å². The molecule has 4 N–H and O–H groups in total. The number of hydrogen-bond acceptors (Lipinski definition) is 3. The van der Waals surface area contributed by atoms with Gasteiger partial charge in [0.25, 0.3) is 0 Å². The molecule has 92 valence electrons. The van der Waals surface area contributed by atoms with Crippen LogP contribution in [-0.2, 0) is 4.79 Å². The van der Waals surface area contributed by atoms with E-state index in [0.717, 1.165) is 0 Å². The third-order valence-electron chi connectivity index (χ3n) is 1.94. The van der Waals surface area contributed by atoms with E-state index < -0.39 is 23.8 Å². The predicted octanol–water partition coefficient (Wildman–Crippen LogP) is 1.47. The van der Waals surface area contributed by atoms with Crippen LogP contribution >= 0.6 is 11.6 Å². The van der Waals surface area contributed by atoms with Gasteiger partial charge in [-0.1, -0.05) is 11.6 Å². The summed E-state index contributed by atoms with van der Waals surface area (Å²) in [5, 5.41) is 4.61. The van der Waals surface area contributed by atoms with Crippen molar-refractivity contribution in [3.8, 4) is 0 Å². The fraction of sp³-hybridized carbons (Fsp3) is 0.200. The quantitative estimate of drug-likeness (QED) is 0.769. The summed E-state index contributed by atoms with van der Waals surface area (Å²) in [5.74, 6) is -1.13. The van der Waals surface area contributed by atoms with Gasteiger partial charge in [0, 0.05) is 5.69 Å². The van der Waals surface area contributed by atoms with E-state index >= 15 is 0 Å². The van der Waals surface area contributed by atoms with Crippen molar-refractivity contribution in [3.05, 3.63) is 29.0 Å². The van der Waals surface area contributed by atoms with E-state index in [1.165, 1.54) is 25.1 Å². The van der Waals surface area contributed by atoms with Crippen molar-refractivity contribution in [3.63, 3.8) is 0 Å². The lowest BCUT2D eigenvalue weighted by Crippen LogP contribution is -2.43. The Morgan fingerprint density at radius 2 is 2.12 bits per heavy atom. The molecule has 1 rings (SSSR count). The number of amides is 3. The molecule has 1 aromatic carbocycles. The van der Waals surface area contributed by atoms with Gasteiger partial charge in [0.15, 0.2) is 0 Å². The van der Waals surface area contributed by atoms with Crippen LogP contribution in [0.1, 0.15) is 6.92 Å². The van der Waals surface area contributed by atoms with Gasteiger partial charge in [-0.3, -0.25) is 10.1 Å². The zero-order valence-corrected chi connectivity index (χ0v) is 9.72. The van der Waals surface area contributed by atoms with Gasteiger partial charge < -0.3 is 11.1 Å². The summed E-state index contributed by atoms with van der Waals surface area (Å²) in [4.78, 5) is 21.8. The summed E-state index contributed by atoms with van der Waals surface area (Å²) in [6.07, 6.45) is 0. The number of rotatable bonds is 3. The number of nitrogens with one attached hydrogen (secondary N) is 2. The minimum absolute atomic E-state index is 0.0579. The molecule has 0 spiro atoms. The molecule has 17 heavy (non-hydrogen) atoms. The van der Waals surface area contributed by atoms with E-state index in [-0.39, 0.29) is 5.02 Å². The minimum Gasteiger partial charge on any atom is -0.374 e. The highest BCUT2D eigenvalue weighted by Gasteiger charge is 2.14. The molecular weight excluding hydrogens is 249 g/mol. The van der Waals surface area contributed by atoms with Gasteiger partial charge in [0.05, 0.1) is 5.02 Å². The Hall–Kier alpha value is -1.82. The van der Waals surface area contributed by atoms with Gasteiger partial charge in [-0.05, 0) is 25.1 Å². The monoisotopic (exact) mass is 259 g/mol. The number of urea groups is 1. The third kappa shape index (κ3) is 3.92. The second-order valence-corrected chi connectivity index (χ2v) is 3.76. The van der Waals surface area contributed by atoms with Gasteiger partial charge in [0.2, 0.25) is 5.91 Å². The summed E-state index contributed by atoms with van der Waals surface area (Å²) < 4.78 is 12.9. The highest BCUT2D eigenvalue weighted by atomic mass is 35.5. The van der Waals surface area contributed by atoms with Crippen molar-refractivity contribution in [2.24, 2.45) is 5.73 Å². The maximum absolute atomic E-state index is 12.9. The molecular formula is C10H11ClFN3O2. The number of benzene rings is 1. The summed E-state index contributed by atoms with van der Waals surface area (Å²) in [6.45, 7) is 1.52. The van der Waals surface area contributed by atoms with Gasteiger partial charge in [-0.25, -0.2) is 9.18 Å². The summed E-state index contributed by atoms with van der Waals surface area (Å²) in [7, 11) is 0.